The molecule has 0 radical (unpaired) electrons. The molecule has 14 nitrogen and oxygen atoms in total. The Hall–Kier alpha value is -6.22. The van der Waals surface area contributed by atoms with Crippen molar-refractivity contribution in [2.45, 2.75) is 82.3 Å². The van der Waals surface area contributed by atoms with E-state index in [1.807, 2.05) is 24.3 Å². The smallest absolute Gasteiger partial charge is 0.407 e. The Morgan fingerprint density at radius 1 is 0.661 bits per heavy atom. The SMILES string of the molecule is CC(C)(C)OC(=O)NCc1ccc(S(=O)(=O)NC(=O)CCc2ccccc2NC(=O)CNC(=O)CCCCCNC(=O)OCC2c3ccccc3-c3ccccc32)cc1. The van der Waals surface area contributed by atoms with Gasteiger partial charge in [-0.25, -0.2) is 22.7 Å². The summed E-state index contributed by atoms with van der Waals surface area (Å²) in [5.74, 6) is -1.50. The van der Waals surface area contributed by atoms with E-state index >= 15 is 0 Å². The lowest BCUT2D eigenvalue weighted by Gasteiger charge is -2.19. The standard InChI is InChI=1S/C44H51N5O9S/c1-44(2,3)58-43(54)47-27-30-20-23-32(24-21-30)59(55,56)49-40(51)25-22-31-13-6-11-18-38(31)48-41(52)28-46-39(50)19-5-4-12-26-45-42(53)57-29-37-35-16-9-7-14-33(35)34-15-8-10-17-36(34)37/h6-11,13-18,20-21,23-24,37H,4-5,12,19,22,25-29H2,1-3H3,(H,45,53)(H,46,50)(H,47,54)(H,48,52)(H,49,51). The van der Waals surface area contributed by atoms with E-state index in [4.69, 9.17) is 9.47 Å². The van der Waals surface area contributed by atoms with Gasteiger partial charge in [0.25, 0.3) is 10.0 Å². The molecule has 4 aromatic carbocycles. The Labute approximate surface area is 344 Å². The third-order valence-electron chi connectivity index (χ3n) is 9.37. The molecule has 0 unspecified atom stereocenters. The Bertz CT molecular complexity index is 2190. The minimum absolute atomic E-state index is 0.0166. The summed E-state index contributed by atoms with van der Waals surface area (Å²) in [7, 11) is -4.16. The zero-order chi connectivity index (χ0) is 42.4. The number of alkyl carbamates (subject to hydrolysis) is 2. The highest BCUT2D eigenvalue weighted by molar-refractivity contribution is 7.90. The maximum atomic E-state index is 12.8. The average molecular weight is 826 g/mol. The van der Waals surface area contributed by atoms with Gasteiger partial charge in [0.1, 0.15) is 12.2 Å². The van der Waals surface area contributed by atoms with Gasteiger partial charge in [-0.15, -0.1) is 0 Å². The van der Waals surface area contributed by atoms with Gasteiger partial charge in [0.2, 0.25) is 17.7 Å². The first-order chi connectivity index (χ1) is 28.2. The molecule has 0 aliphatic heterocycles. The number of unbranched alkanes of at least 4 members (excludes halogenated alkanes) is 2. The Morgan fingerprint density at radius 3 is 1.98 bits per heavy atom. The molecule has 1 aliphatic carbocycles. The molecule has 0 heterocycles. The van der Waals surface area contributed by atoms with Crippen LogP contribution in [0, 0.1) is 0 Å². The number of fused-ring (bicyclic) bond motifs is 3. The molecule has 59 heavy (non-hydrogen) atoms. The van der Waals surface area contributed by atoms with E-state index < -0.39 is 39.6 Å². The lowest BCUT2D eigenvalue weighted by Crippen LogP contribution is -2.33. The van der Waals surface area contributed by atoms with E-state index in [2.05, 4.69) is 50.3 Å². The van der Waals surface area contributed by atoms with Crippen LogP contribution in [-0.2, 0) is 46.8 Å². The van der Waals surface area contributed by atoms with Crippen LogP contribution in [-0.4, -0.2) is 63.6 Å². The molecule has 4 aromatic rings. The van der Waals surface area contributed by atoms with Crippen molar-refractivity contribution in [2.24, 2.45) is 0 Å². The van der Waals surface area contributed by atoms with Crippen LogP contribution < -0.4 is 26.0 Å². The van der Waals surface area contributed by atoms with Crippen molar-refractivity contribution in [2.75, 3.05) is 25.0 Å². The van der Waals surface area contributed by atoms with Crippen molar-refractivity contribution in [3.05, 3.63) is 119 Å². The summed E-state index contributed by atoms with van der Waals surface area (Å²) in [5.41, 5.74) is 5.63. The van der Waals surface area contributed by atoms with Gasteiger partial charge in [0.15, 0.2) is 0 Å². The number of benzene rings is 4. The van der Waals surface area contributed by atoms with Crippen LogP contribution in [0.25, 0.3) is 11.1 Å². The number of hydrogen-bond donors (Lipinski definition) is 5. The molecule has 5 amide bonds. The highest BCUT2D eigenvalue weighted by atomic mass is 32.2. The van der Waals surface area contributed by atoms with Crippen LogP contribution in [0.2, 0.25) is 0 Å². The van der Waals surface area contributed by atoms with Gasteiger partial charge >= 0.3 is 12.2 Å². The molecule has 312 valence electrons. The number of carbonyl (C=O) groups is 5. The Balaban J connectivity index is 0.946. The fourth-order valence-corrected chi connectivity index (χ4v) is 7.55. The van der Waals surface area contributed by atoms with E-state index in [1.54, 1.807) is 45.0 Å². The molecule has 5 N–H and O–H groups in total. The van der Waals surface area contributed by atoms with Gasteiger partial charge in [-0.1, -0.05) is 85.3 Å². The lowest BCUT2D eigenvalue weighted by molar-refractivity contribution is -0.124. The van der Waals surface area contributed by atoms with Crippen LogP contribution in [0.1, 0.15) is 81.0 Å². The maximum Gasteiger partial charge on any atom is 0.407 e. The van der Waals surface area contributed by atoms with Gasteiger partial charge in [-0.05, 0) is 91.6 Å². The second-order valence-electron chi connectivity index (χ2n) is 15.1. The van der Waals surface area contributed by atoms with Crippen LogP contribution in [0.4, 0.5) is 15.3 Å². The molecule has 0 fully saturated rings. The number of para-hydroxylation sites is 1. The molecule has 0 atom stereocenters. The minimum Gasteiger partial charge on any atom is -0.449 e. The number of nitrogens with one attached hydrogen (secondary N) is 5. The molecular formula is C44H51N5O9S. The first kappa shape index (κ1) is 43.9. The predicted molar refractivity (Wildman–Crippen MR) is 223 cm³/mol. The van der Waals surface area contributed by atoms with E-state index in [9.17, 15) is 32.4 Å². The number of ether oxygens (including phenoxy) is 2. The molecule has 0 spiro atoms. The van der Waals surface area contributed by atoms with Gasteiger partial charge in [-0.2, -0.15) is 0 Å². The number of anilines is 1. The first-order valence-electron chi connectivity index (χ1n) is 19.5. The summed E-state index contributed by atoms with van der Waals surface area (Å²) < 4.78 is 38.5. The average Bonchev–Trinajstić information content (AvgIpc) is 3.52. The molecule has 0 aromatic heterocycles. The van der Waals surface area contributed by atoms with Gasteiger partial charge in [0.05, 0.1) is 11.4 Å². The zero-order valence-corrected chi connectivity index (χ0v) is 34.3. The van der Waals surface area contributed by atoms with E-state index in [0.717, 1.165) is 22.3 Å². The molecule has 1 aliphatic rings. The van der Waals surface area contributed by atoms with Crippen molar-refractivity contribution in [3.8, 4) is 11.1 Å². The lowest BCUT2D eigenvalue weighted by atomic mass is 9.98. The normalized spacial score (nSPS) is 12.1. The number of carbonyl (C=O) groups excluding carboxylic acids is 5. The summed E-state index contributed by atoms with van der Waals surface area (Å²) in [6, 6.07) is 28.8. The number of rotatable bonds is 18. The van der Waals surface area contributed by atoms with E-state index in [-0.39, 0.29) is 55.7 Å². The fourth-order valence-electron chi connectivity index (χ4n) is 6.53. The number of hydrogen-bond acceptors (Lipinski definition) is 9. The van der Waals surface area contributed by atoms with E-state index in [1.165, 1.54) is 24.3 Å². The number of amides is 5. The van der Waals surface area contributed by atoms with Crippen molar-refractivity contribution in [1.82, 2.24) is 20.7 Å². The monoisotopic (exact) mass is 825 g/mol. The maximum absolute atomic E-state index is 12.8. The zero-order valence-electron chi connectivity index (χ0n) is 33.5. The summed E-state index contributed by atoms with van der Waals surface area (Å²) in [6.07, 6.45) is 0.988. The van der Waals surface area contributed by atoms with Crippen LogP contribution >= 0.6 is 0 Å². The van der Waals surface area contributed by atoms with Crippen LogP contribution in [0.15, 0.2) is 102 Å². The van der Waals surface area contributed by atoms with Crippen molar-refractivity contribution < 1.29 is 41.9 Å². The molecule has 0 saturated heterocycles. The third kappa shape index (κ3) is 13.4. The summed E-state index contributed by atoms with van der Waals surface area (Å²) in [5, 5.41) is 10.7. The van der Waals surface area contributed by atoms with Crippen molar-refractivity contribution in [1.29, 1.82) is 0 Å². The van der Waals surface area contributed by atoms with Gasteiger partial charge in [0, 0.05) is 37.5 Å². The summed E-state index contributed by atoms with van der Waals surface area (Å²) in [6.45, 7) is 5.74. The van der Waals surface area contributed by atoms with Crippen molar-refractivity contribution >= 4 is 45.6 Å². The van der Waals surface area contributed by atoms with Crippen molar-refractivity contribution in [3.63, 3.8) is 0 Å². The minimum atomic E-state index is -4.16. The highest BCUT2D eigenvalue weighted by Crippen LogP contribution is 2.44. The molecule has 0 saturated carbocycles. The number of sulfonamides is 1. The third-order valence-corrected chi connectivity index (χ3v) is 10.8. The molecule has 5 rings (SSSR count). The predicted octanol–water partition coefficient (Wildman–Crippen LogP) is 6.30. The van der Waals surface area contributed by atoms with Gasteiger partial charge in [-0.3, -0.25) is 14.4 Å². The highest BCUT2D eigenvalue weighted by Gasteiger charge is 2.29. The second-order valence-corrected chi connectivity index (χ2v) is 16.8. The largest absolute Gasteiger partial charge is 0.449 e. The second kappa shape index (κ2) is 20.5. The van der Waals surface area contributed by atoms with Crippen LogP contribution in [0.5, 0.6) is 0 Å². The Morgan fingerprint density at radius 2 is 1.31 bits per heavy atom. The number of aryl methyl sites for hydroxylation is 1. The van der Waals surface area contributed by atoms with Gasteiger partial charge < -0.3 is 30.7 Å². The molecule has 15 heteroatoms. The topological polar surface area (TPSA) is 198 Å². The fraction of sp³-hybridized carbons (Fsp3) is 0.341. The summed E-state index contributed by atoms with van der Waals surface area (Å²) >= 11 is 0. The Kier molecular flexibility index (Phi) is 15.2. The quantitative estimate of drug-likeness (QED) is 0.0715. The van der Waals surface area contributed by atoms with Crippen LogP contribution in [0.3, 0.4) is 0 Å². The molecular weight excluding hydrogens is 775 g/mol. The first-order valence-corrected chi connectivity index (χ1v) is 21.0. The molecule has 0 bridgehead atoms. The van der Waals surface area contributed by atoms with E-state index in [0.29, 0.717) is 42.6 Å². The summed E-state index contributed by atoms with van der Waals surface area (Å²) in [4.78, 5) is 61.9.